The molecule has 26 heavy (non-hydrogen) atoms. The minimum atomic E-state index is -1.37. The highest BCUT2D eigenvalue weighted by Gasteiger charge is 2.56. The van der Waals surface area contributed by atoms with Crippen molar-refractivity contribution in [2.75, 3.05) is 0 Å². The van der Waals surface area contributed by atoms with E-state index in [1.807, 2.05) is 12.1 Å². The Morgan fingerprint density at radius 3 is 2.31 bits per heavy atom. The molecule has 128 valence electrons. The van der Waals surface area contributed by atoms with Crippen LogP contribution in [0.4, 0.5) is 0 Å². The fourth-order valence-electron chi connectivity index (χ4n) is 3.32. The molecule has 3 heterocycles. The molecule has 6 nitrogen and oxygen atoms in total. The molecule has 4 N–H and O–H groups in total. The van der Waals surface area contributed by atoms with Crippen molar-refractivity contribution in [2.45, 2.75) is 12.0 Å². The number of thiocarbonyl (C=S) groups is 2. The van der Waals surface area contributed by atoms with Crippen molar-refractivity contribution in [3.8, 4) is 6.07 Å². The van der Waals surface area contributed by atoms with E-state index in [0.717, 1.165) is 5.56 Å². The molecule has 0 bridgehead atoms. The molecule has 0 spiro atoms. The van der Waals surface area contributed by atoms with Gasteiger partial charge in [0.15, 0.2) is 0 Å². The summed E-state index contributed by atoms with van der Waals surface area (Å²) < 4.78 is 0. The Balaban J connectivity index is 2.33. The van der Waals surface area contributed by atoms with E-state index in [2.05, 4.69) is 27.2 Å². The normalized spacial score (nSPS) is 24.9. The number of hydrogen-bond acceptors (Lipinski definition) is 6. The average molecular weight is 378 g/mol. The average Bonchev–Trinajstić information content (AvgIpc) is 2.68. The smallest absolute Gasteiger partial charge is 0.143 e. The lowest BCUT2D eigenvalue weighted by atomic mass is 9.62. The van der Waals surface area contributed by atoms with E-state index in [4.69, 9.17) is 35.6 Å². The minimum Gasteiger partial charge on any atom is -0.392 e. The molecule has 3 rings (SSSR count). The van der Waals surface area contributed by atoms with Crippen LogP contribution in [0.15, 0.2) is 54.6 Å². The Morgan fingerprint density at radius 1 is 1.23 bits per heavy atom. The quantitative estimate of drug-likeness (QED) is 0.426. The fourth-order valence-corrected chi connectivity index (χ4v) is 3.88. The van der Waals surface area contributed by atoms with E-state index in [1.54, 1.807) is 36.9 Å². The highest BCUT2D eigenvalue weighted by Crippen LogP contribution is 2.51. The number of hydrogen-bond donors (Lipinski definition) is 3. The third-order valence-corrected chi connectivity index (χ3v) is 5.16. The summed E-state index contributed by atoms with van der Waals surface area (Å²) in [5.41, 5.74) is 6.51. The molecule has 2 aromatic rings. The lowest BCUT2D eigenvalue weighted by Crippen LogP contribution is -2.56. The predicted molar refractivity (Wildman–Crippen MR) is 106 cm³/mol. The van der Waals surface area contributed by atoms with E-state index < -0.39 is 17.4 Å². The second kappa shape index (κ2) is 7.10. The third-order valence-electron chi connectivity index (χ3n) is 4.48. The largest absolute Gasteiger partial charge is 0.392 e. The molecule has 1 aliphatic heterocycles. The second-order valence-corrected chi connectivity index (χ2v) is 6.64. The summed E-state index contributed by atoms with van der Waals surface area (Å²) in [5, 5.41) is 21.1. The van der Waals surface area contributed by atoms with Gasteiger partial charge in [0.05, 0.1) is 22.7 Å². The molecule has 0 unspecified atom stereocenters. The Morgan fingerprint density at radius 2 is 1.85 bits per heavy atom. The zero-order valence-corrected chi connectivity index (χ0v) is 15.1. The summed E-state index contributed by atoms with van der Waals surface area (Å²) in [6.45, 7) is 0. The van der Waals surface area contributed by atoms with Crippen molar-refractivity contribution in [1.29, 1.82) is 10.7 Å². The molecule has 1 aliphatic rings. The van der Waals surface area contributed by atoms with Gasteiger partial charge in [0.1, 0.15) is 10.4 Å². The number of pyridine rings is 2. The van der Waals surface area contributed by atoms with Crippen LogP contribution in [0.3, 0.4) is 0 Å². The van der Waals surface area contributed by atoms with Crippen molar-refractivity contribution in [1.82, 2.24) is 15.3 Å². The molecule has 0 radical (unpaired) electrons. The van der Waals surface area contributed by atoms with Crippen LogP contribution in [0.2, 0.25) is 0 Å². The number of nitrogens with one attached hydrogen (secondary N) is 2. The third kappa shape index (κ3) is 2.68. The number of nitriles is 1. The SMILES string of the molecule is N#C[C@@]1(C(N)=S)[C@@H](c2cccnc2)NC(=S)C(=C=N)[C@@H]1c1cccnc1. The summed E-state index contributed by atoms with van der Waals surface area (Å²) in [5.74, 6) is 1.70. The van der Waals surface area contributed by atoms with Crippen LogP contribution in [-0.4, -0.2) is 25.8 Å². The number of piperidine rings is 1. The molecule has 1 fully saturated rings. The maximum atomic E-state index is 10.2. The molecule has 8 heteroatoms. The van der Waals surface area contributed by atoms with Gasteiger partial charge in [-0.05, 0) is 29.1 Å². The maximum absolute atomic E-state index is 10.2. The van der Waals surface area contributed by atoms with Gasteiger partial charge in [-0.25, -0.2) is 0 Å². The Labute approximate surface area is 161 Å². The first-order chi connectivity index (χ1) is 12.6. The highest BCUT2D eigenvalue weighted by molar-refractivity contribution is 7.81. The first-order valence-electron chi connectivity index (χ1n) is 7.67. The molecule has 2 aromatic heterocycles. The summed E-state index contributed by atoms with van der Waals surface area (Å²) in [7, 11) is 0. The van der Waals surface area contributed by atoms with E-state index in [-0.39, 0.29) is 4.99 Å². The Kier molecular flexibility index (Phi) is 4.87. The molecular formula is C18H14N6S2. The van der Waals surface area contributed by atoms with Crippen molar-refractivity contribution >= 4 is 40.3 Å². The van der Waals surface area contributed by atoms with Gasteiger partial charge in [0, 0.05) is 30.7 Å². The predicted octanol–water partition coefficient (Wildman–Crippen LogP) is 2.20. The second-order valence-electron chi connectivity index (χ2n) is 5.80. The Bertz CT molecular complexity index is 947. The van der Waals surface area contributed by atoms with Crippen molar-refractivity contribution < 1.29 is 0 Å². The van der Waals surface area contributed by atoms with Crippen molar-refractivity contribution in [2.24, 2.45) is 11.1 Å². The number of aromatic nitrogens is 2. The van der Waals surface area contributed by atoms with E-state index in [1.165, 1.54) is 0 Å². The van der Waals surface area contributed by atoms with Gasteiger partial charge >= 0.3 is 0 Å². The first-order valence-corrected chi connectivity index (χ1v) is 8.49. The van der Waals surface area contributed by atoms with Crippen LogP contribution >= 0.6 is 24.4 Å². The lowest BCUT2D eigenvalue weighted by Gasteiger charge is -2.45. The van der Waals surface area contributed by atoms with E-state index in [0.29, 0.717) is 16.1 Å². The van der Waals surface area contributed by atoms with Crippen molar-refractivity contribution in [3.05, 3.63) is 65.8 Å². The molecular weight excluding hydrogens is 364 g/mol. The van der Waals surface area contributed by atoms with Gasteiger partial charge in [-0.2, -0.15) is 5.26 Å². The maximum Gasteiger partial charge on any atom is 0.143 e. The van der Waals surface area contributed by atoms with Gasteiger partial charge in [-0.15, -0.1) is 0 Å². The van der Waals surface area contributed by atoms with Crippen LogP contribution in [0, 0.1) is 22.2 Å². The topological polar surface area (TPSA) is 111 Å². The summed E-state index contributed by atoms with van der Waals surface area (Å²) in [6.07, 6.45) is 6.54. The number of nitrogens with zero attached hydrogens (tertiary/aromatic N) is 3. The van der Waals surface area contributed by atoms with Crippen LogP contribution in [0.25, 0.3) is 0 Å². The fraction of sp³-hybridized carbons (Fsp3) is 0.167. The summed E-state index contributed by atoms with van der Waals surface area (Å²) in [6, 6.07) is 8.86. The van der Waals surface area contributed by atoms with Gasteiger partial charge in [-0.3, -0.25) is 15.4 Å². The standard InChI is InChI=1S/C18H14N6S2/c19-7-13-14(11-3-1-5-22-8-11)18(10-20,17(21)26)15(24-16(13)25)12-4-2-6-23-9-12/h1-6,8-9,14-15,19H,(H2,21,26)(H,24,25)/t14-,15+,18-/m0/s1. The van der Waals surface area contributed by atoms with E-state index >= 15 is 0 Å². The van der Waals surface area contributed by atoms with Gasteiger partial charge < -0.3 is 11.1 Å². The number of rotatable bonds is 3. The number of nitrogens with two attached hydrogens (primary N) is 1. The minimum absolute atomic E-state index is 0.00505. The molecule has 0 aromatic carbocycles. The van der Waals surface area contributed by atoms with Gasteiger partial charge in [0.2, 0.25) is 0 Å². The van der Waals surface area contributed by atoms with Crippen LogP contribution < -0.4 is 11.1 Å². The van der Waals surface area contributed by atoms with Gasteiger partial charge in [-0.1, -0.05) is 36.6 Å². The zero-order valence-electron chi connectivity index (χ0n) is 13.5. The molecule has 0 aliphatic carbocycles. The zero-order chi connectivity index (χ0) is 18.7. The molecule has 1 saturated heterocycles. The van der Waals surface area contributed by atoms with Crippen LogP contribution in [-0.2, 0) is 0 Å². The first kappa shape index (κ1) is 17.8. The van der Waals surface area contributed by atoms with Crippen LogP contribution in [0.1, 0.15) is 23.1 Å². The lowest BCUT2D eigenvalue weighted by molar-refractivity contribution is 0.350. The monoisotopic (exact) mass is 378 g/mol. The highest BCUT2D eigenvalue weighted by atomic mass is 32.1. The Hall–Kier alpha value is -2.98. The van der Waals surface area contributed by atoms with Crippen molar-refractivity contribution in [3.63, 3.8) is 0 Å². The molecule has 3 atom stereocenters. The summed E-state index contributed by atoms with van der Waals surface area (Å²) in [4.78, 5) is 8.60. The van der Waals surface area contributed by atoms with Gasteiger partial charge in [0.25, 0.3) is 0 Å². The molecule has 0 amide bonds. The summed E-state index contributed by atoms with van der Waals surface area (Å²) >= 11 is 10.8. The molecule has 0 saturated carbocycles. The van der Waals surface area contributed by atoms with E-state index in [9.17, 15) is 5.26 Å². The van der Waals surface area contributed by atoms with Crippen LogP contribution in [0.5, 0.6) is 0 Å².